The quantitative estimate of drug-likeness (QED) is 0.753. The molecule has 2 heterocycles. The molecule has 0 amide bonds. The van der Waals surface area contributed by atoms with Crippen LogP contribution >= 0.6 is 0 Å². The summed E-state index contributed by atoms with van der Waals surface area (Å²) < 4.78 is 0. The number of aryl methyl sites for hydroxylation is 1. The van der Waals surface area contributed by atoms with Crippen molar-refractivity contribution < 1.29 is 0 Å². The van der Waals surface area contributed by atoms with E-state index in [0.717, 1.165) is 31.3 Å². The van der Waals surface area contributed by atoms with Crippen LogP contribution in [0.4, 0.5) is 5.82 Å². The van der Waals surface area contributed by atoms with Gasteiger partial charge >= 0.3 is 0 Å². The third-order valence-electron chi connectivity index (χ3n) is 3.01. The fourth-order valence-electron chi connectivity index (χ4n) is 2.12. The van der Waals surface area contributed by atoms with Gasteiger partial charge in [0.05, 0.1) is 6.04 Å². The highest BCUT2D eigenvalue weighted by Crippen LogP contribution is 2.16. The molecule has 2 rings (SSSR count). The minimum absolute atomic E-state index is 0.355. The molecule has 1 atom stereocenters. The van der Waals surface area contributed by atoms with Crippen LogP contribution < -0.4 is 10.6 Å². The number of hydrogen-bond acceptors (Lipinski definition) is 5. The van der Waals surface area contributed by atoms with Gasteiger partial charge in [0.2, 0.25) is 0 Å². The Kier molecular flexibility index (Phi) is 3.36. The van der Waals surface area contributed by atoms with E-state index in [2.05, 4.69) is 26.8 Å². The SMILES string of the molecule is Cc1nccc(N2CCN(C)CC2CN)n1. The Morgan fingerprint density at radius 1 is 1.50 bits per heavy atom. The van der Waals surface area contributed by atoms with E-state index in [1.54, 1.807) is 0 Å². The zero-order chi connectivity index (χ0) is 11.5. The molecule has 5 nitrogen and oxygen atoms in total. The third-order valence-corrected chi connectivity index (χ3v) is 3.01. The molecule has 1 aliphatic heterocycles. The lowest BCUT2D eigenvalue weighted by atomic mass is 10.1. The zero-order valence-electron chi connectivity index (χ0n) is 9.93. The fourth-order valence-corrected chi connectivity index (χ4v) is 2.12. The van der Waals surface area contributed by atoms with E-state index in [9.17, 15) is 0 Å². The second kappa shape index (κ2) is 4.76. The summed E-state index contributed by atoms with van der Waals surface area (Å²) in [5, 5.41) is 0. The van der Waals surface area contributed by atoms with Crippen LogP contribution in [0.3, 0.4) is 0 Å². The fraction of sp³-hybridized carbons (Fsp3) is 0.636. The van der Waals surface area contributed by atoms with Crippen LogP contribution in [0.25, 0.3) is 0 Å². The van der Waals surface area contributed by atoms with Crippen molar-refractivity contribution in [3.63, 3.8) is 0 Å². The number of nitrogens with two attached hydrogens (primary N) is 1. The highest BCUT2D eigenvalue weighted by atomic mass is 15.3. The molecular weight excluding hydrogens is 202 g/mol. The van der Waals surface area contributed by atoms with Gasteiger partial charge in [-0.15, -0.1) is 0 Å². The van der Waals surface area contributed by atoms with Gasteiger partial charge < -0.3 is 15.5 Å². The summed E-state index contributed by atoms with van der Waals surface area (Å²) in [5.74, 6) is 1.81. The van der Waals surface area contributed by atoms with Crippen molar-refractivity contribution in [1.82, 2.24) is 14.9 Å². The summed E-state index contributed by atoms with van der Waals surface area (Å²) in [4.78, 5) is 13.2. The Labute approximate surface area is 96.3 Å². The second-order valence-corrected chi connectivity index (χ2v) is 4.31. The van der Waals surface area contributed by atoms with E-state index in [1.807, 2.05) is 19.2 Å². The van der Waals surface area contributed by atoms with Crippen LogP contribution in [-0.4, -0.2) is 54.1 Å². The summed E-state index contributed by atoms with van der Waals surface area (Å²) in [7, 11) is 2.13. The van der Waals surface area contributed by atoms with Crippen LogP contribution in [-0.2, 0) is 0 Å². The maximum Gasteiger partial charge on any atom is 0.132 e. The molecule has 1 fully saturated rings. The first-order chi connectivity index (χ1) is 7.70. The molecule has 1 aromatic rings. The van der Waals surface area contributed by atoms with Crippen molar-refractivity contribution in [2.24, 2.45) is 5.73 Å². The zero-order valence-corrected chi connectivity index (χ0v) is 9.93. The Balaban J connectivity index is 2.19. The van der Waals surface area contributed by atoms with Crippen LogP contribution in [0.2, 0.25) is 0 Å². The smallest absolute Gasteiger partial charge is 0.132 e. The van der Waals surface area contributed by atoms with Gasteiger partial charge in [0.1, 0.15) is 11.6 Å². The lowest BCUT2D eigenvalue weighted by molar-refractivity contribution is 0.268. The maximum absolute atomic E-state index is 5.82. The van der Waals surface area contributed by atoms with Crippen LogP contribution in [0.5, 0.6) is 0 Å². The van der Waals surface area contributed by atoms with E-state index in [4.69, 9.17) is 5.73 Å². The lowest BCUT2D eigenvalue weighted by Crippen LogP contribution is -2.55. The average Bonchev–Trinajstić information content (AvgIpc) is 2.28. The van der Waals surface area contributed by atoms with Gasteiger partial charge in [-0.3, -0.25) is 0 Å². The predicted octanol–water partition coefficient (Wildman–Crippen LogP) is -0.136. The number of aromatic nitrogens is 2. The largest absolute Gasteiger partial charge is 0.350 e. The monoisotopic (exact) mass is 221 g/mol. The van der Waals surface area contributed by atoms with Crippen molar-refractivity contribution in [3.05, 3.63) is 18.1 Å². The van der Waals surface area contributed by atoms with E-state index in [1.165, 1.54) is 0 Å². The normalized spacial score (nSPS) is 22.4. The topological polar surface area (TPSA) is 58.3 Å². The van der Waals surface area contributed by atoms with Gasteiger partial charge in [-0.25, -0.2) is 9.97 Å². The van der Waals surface area contributed by atoms with Crippen molar-refractivity contribution in [1.29, 1.82) is 0 Å². The van der Waals surface area contributed by atoms with Gasteiger partial charge in [-0.1, -0.05) is 0 Å². The van der Waals surface area contributed by atoms with Crippen molar-refractivity contribution in [2.45, 2.75) is 13.0 Å². The third kappa shape index (κ3) is 2.31. The van der Waals surface area contributed by atoms with Gasteiger partial charge in [0.15, 0.2) is 0 Å². The van der Waals surface area contributed by atoms with Crippen molar-refractivity contribution >= 4 is 5.82 Å². The number of hydrogen-bond donors (Lipinski definition) is 1. The van der Waals surface area contributed by atoms with Gasteiger partial charge in [0, 0.05) is 32.4 Å². The highest BCUT2D eigenvalue weighted by Gasteiger charge is 2.24. The minimum Gasteiger partial charge on any atom is -0.350 e. The average molecular weight is 221 g/mol. The van der Waals surface area contributed by atoms with Crippen LogP contribution in [0.1, 0.15) is 5.82 Å². The first-order valence-electron chi connectivity index (χ1n) is 5.65. The Bertz CT molecular complexity index is 354. The summed E-state index contributed by atoms with van der Waals surface area (Å²) in [6.45, 7) is 5.61. The predicted molar refractivity (Wildman–Crippen MR) is 64.5 cm³/mol. The Morgan fingerprint density at radius 2 is 2.31 bits per heavy atom. The number of likely N-dealkylation sites (N-methyl/N-ethyl adjacent to an activating group) is 1. The molecule has 0 spiro atoms. The first-order valence-corrected chi connectivity index (χ1v) is 5.65. The van der Waals surface area contributed by atoms with Crippen LogP contribution in [0, 0.1) is 6.92 Å². The van der Waals surface area contributed by atoms with E-state index >= 15 is 0 Å². The lowest BCUT2D eigenvalue weighted by Gasteiger charge is -2.40. The molecule has 16 heavy (non-hydrogen) atoms. The highest BCUT2D eigenvalue weighted by molar-refractivity contribution is 5.40. The van der Waals surface area contributed by atoms with E-state index in [-0.39, 0.29) is 0 Å². The summed E-state index contributed by atoms with van der Waals surface area (Å²) >= 11 is 0. The molecule has 2 N–H and O–H groups in total. The van der Waals surface area contributed by atoms with E-state index < -0.39 is 0 Å². The summed E-state index contributed by atoms with van der Waals surface area (Å²) in [6.07, 6.45) is 1.81. The number of rotatable bonds is 2. The van der Waals surface area contributed by atoms with Gasteiger partial charge in [0.25, 0.3) is 0 Å². The van der Waals surface area contributed by atoms with Crippen molar-refractivity contribution in [2.75, 3.05) is 38.1 Å². The summed E-state index contributed by atoms with van der Waals surface area (Å²) in [6, 6.07) is 2.31. The molecule has 1 aliphatic rings. The molecule has 88 valence electrons. The molecule has 1 unspecified atom stereocenters. The van der Waals surface area contributed by atoms with Crippen molar-refractivity contribution in [3.8, 4) is 0 Å². The van der Waals surface area contributed by atoms with Gasteiger partial charge in [-0.05, 0) is 20.0 Å². The Hall–Kier alpha value is -1.20. The van der Waals surface area contributed by atoms with Crippen LogP contribution in [0.15, 0.2) is 12.3 Å². The number of nitrogens with zero attached hydrogens (tertiary/aromatic N) is 4. The maximum atomic E-state index is 5.82. The Morgan fingerprint density at radius 3 is 3.00 bits per heavy atom. The number of piperazine rings is 1. The first kappa shape index (κ1) is 11.3. The molecule has 0 bridgehead atoms. The molecule has 0 aliphatic carbocycles. The standard InChI is InChI=1S/C11H19N5/c1-9-13-4-3-11(14-9)16-6-5-15(2)8-10(16)7-12/h3-4,10H,5-8,12H2,1-2H3. The molecule has 0 radical (unpaired) electrons. The molecule has 5 heteroatoms. The number of anilines is 1. The molecule has 1 saturated heterocycles. The van der Waals surface area contributed by atoms with E-state index in [0.29, 0.717) is 12.6 Å². The second-order valence-electron chi connectivity index (χ2n) is 4.31. The summed E-state index contributed by atoms with van der Waals surface area (Å²) in [5.41, 5.74) is 5.82. The minimum atomic E-state index is 0.355. The van der Waals surface area contributed by atoms with Gasteiger partial charge in [-0.2, -0.15) is 0 Å². The molecule has 0 saturated carbocycles. The molecular formula is C11H19N5. The molecule has 0 aromatic carbocycles. The molecule has 1 aromatic heterocycles.